The molecule has 106 valence electrons. The van der Waals surface area contributed by atoms with Crippen molar-refractivity contribution in [2.24, 2.45) is 0 Å². The molecule has 1 unspecified atom stereocenters. The molecule has 4 rings (SSSR count). The summed E-state index contributed by atoms with van der Waals surface area (Å²) in [6.45, 7) is 3.15. The van der Waals surface area contributed by atoms with Gasteiger partial charge in [-0.25, -0.2) is 0 Å². The lowest BCUT2D eigenvalue weighted by atomic mass is 9.97. The Hall–Kier alpha value is -2.13. The van der Waals surface area contributed by atoms with E-state index >= 15 is 0 Å². The molecule has 3 heterocycles. The SMILES string of the molecule is CCc1ccc(C2NCCc3c2[nH]c2ccccc32)nc1. The summed E-state index contributed by atoms with van der Waals surface area (Å²) < 4.78 is 0. The molecule has 2 N–H and O–H groups in total. The fraction of sp³-hybridized carbons (Fsp3) is 0.278. The average molecular weight is 277 g/mol. The molecule has 0 saturated heterocycles. The van der Waals surface area contributed by atoms with Crippen molar-refractivity contribution >= 4 is 10.9 Å². The first kappa shape index (κ1) is 12.6. The Kier molecular flexibility index (Phi) is 3.00. The molecule has 0 radical (unpaired) electrons. The Morgan fingerprint density at radius 2 is 2.10 bits per heavy atom. The number of aromatic nitrogens is 2. The van der Waals surface area contributed by atoms with Crippen molar-refractivity contribution in [2.45, 2.75) is 25.8 Å². The predicted octanol–water partition coefficient (Wildman–Crippen LogP) is 3.36. The number of pyridine rings is 1. The number of hydrogen-bond acceptors (Lipinski definition) is 2. The number of aromatic amines is 1. The maximum atomic E-state index is 4.66. The molecule has 1 aliphatic rings. The first-order chi connectivity index (χ1) is 10.4. The smallest absolute Gasteiger partial charge is 0.0906 e. The molecular formula is C18H19N3. The van der Waals surface area contributed by atoms with E-state index in [1.807, 2.05) is 6.20 Å². The second-order valence-electron chi connectivity index (χ2n) is 5.64. The minimum Gasteiger partial charge on any atom is -0.357 e. The van der Waals surface area contributed by atoms with Gasteiger partial charge in [0.2, 0.25) is 0 Å². The van der Waals surface area contributed by atoms with Gasteiger partial charge in [0.05, 0.1) is 11.7 Å². The number of hydrogen-bond donors (Lipinski definition) is 2. The number of rotatable bonds is 2. The number of H-pyrrole nitrogens is 1. The molecule has 0 spiro atoms. The summed E-state index contributed by atoms with van der Waals surface area (Å²) in [7, 11) is 0. The third-order valence-electron chi connectivity index (χ3n) is 4.41. The van der Waals surface area contributed by atoms with Crippen LogP contribution in [-0.4, -0.2) is 16.5 Å². The van der Waals surface area contributed by atoms with E-state index in [0.717, 1.165) is 25.1 Å². The highest BCUT2D eigenvalue weighted by Crippen LogP contribution is 2.32. The molecule has 3 aromatic rings. The van der Waals surface area contributed by atoms with Gasteiger partial charge < -0.3 is 10.3 Å². The van der Waals surface area contributed by atoms with E-state index in [9.17, 15) is 0 Å². The molecular weight excluding hydrogens is 258 g/mol. The topological polar surface area (TPSA) is 40.7 Å². The summed E-state index contributed by atoms with van der Waals surface area (Å²) in [5, 5.41) is 4.95. The molecule has 21 heavy (non-hydrogen) atoms. The standard InChI is InChI=1S/C18H19N3/c1-2-12-7-8-16(20-11-12)18-17-14(9-10-19-18)13-5-3-4-6-15(13)21-17/h3-8,11,18-19,21H,2,9-10H2,1H3. The maximum Gasteiger partial charge on any atom is 0.0906 e. The highest BCUT2D eigenvalue weighted by Gasteiger charge is 2.25. The van der Waals surface area contributed by atoms with E-state index in [2.05, 4.69) is 58.6 Å². The van der Waals surface area contributed by atoms with Crippen LogP contribution in [0.15, 0.2) is 42.6 Å². The van der Waals surface area contributed by atoms with Crippen LogP contribution in [0.25, 0.3) is 10.9 Å². The van der Waals surface area contributed by atoms with Crippen molar-refractivity contribution in [1.29, 1.82) is 0 Å². The number of benzene rings is 1. The molecule has 2 aromatic heterocycles. The van der Waals surface area contributed by atoms with Crippen LogP contribution in [0.2, 0.25) is 0 Å². The molecule has 0 saturated carbocycles. The Balaban J connectivity index is 1.82. The van der Waals surface area contributed by atoms with Gasteiger partial charge in [0.25, 0.3) is 0 Å². The Bertz CT molecular complexity index is 771. The summed E-state index contributed by atoms with van der Waals surface area (Å²) in [4.78, 5) is 8.25. The fourth-order valence-corrected chi connectivity index (χ4v) is 3.25. The van der Waals surface area contributed by atoms with Gasteiger partial charge >= 0.3 is 0 Å². The highest BCUT2D eigenvalue weighted by atomic mass is 15.0. The molecule has 1 atom stereocenters. The quantitative estimate of drug-likeness (QED) is 0.754. The summed E-state index contributed by atoms with van der Waals surface area (Å²) in [6, 6.07) is 13.1. The molecule has 1 aromatic carbocycles. The number of nitrogens with one attached hydrogen (secondary N) is 2. The van der Waals surface area contributed by atoms with Gasteiger partial charge in [0.15, 0.2) is 0 Å². The van der Waals surface area contributed by atoms with Gasteiger partial charge in [0, 0.05) is 29.3 Å². The van der Waals surface area contributed by atoms with Crippen molar-refractivity contribution in [3.8, 4) is 0 Å². The van der Waals surface area contributed by atoms with Crippen LogP contribution < -0.4 is 5.32 Å². The lowest BCUT2D eigenvalue weighted by molar-refractivity contribution is 0.549. The van der Waals surface area contributed by atoms with Gasteiger partial charge in [0.1, 0.15) is 0 Å². The van der Waals surface area contributed by atoms with Crippen molar-refractivity contribution in [3.63, 3.8) is 0 Å². The maximum absolute atomic E-state index is 4.66. The zero-order chi connectivity index (χ0) is 14.2. The Labute approximate surface area is 124 Å². The van der Waals surface area contributed by atoms with E-state index in [-0.39, 0.29) is 6.04 Å². The Morgan fingerprint density at radius 3 is 2.90 bits per heavy atom. The zero-order valence-corrected chi connectivity index (χ0v) is 12.2. The predicted molar refractivity (Wildman–Crippen MR) is 85.5 cm³/mol. The molecule has 0 fully saturated rings. The van der Waals surface area contributed by atoms with Crippen molar-refractivity contribution in [3.05, 3.63) is 65.1 Å². The van der Waals surface area contributed by atoms with Gasteiger partial charge in [-0.2, -0.15) is 0 Å². The molecule has 0 aliphatic carbocycles. The van der Waals surface area contributed by atoms with Crippen LogP contribution in [0.3, 0.4) is 0 Å². The minimum atomic E-state index is 0.173. The van der Waals surface area contributed by atoms with E-state index < -0.39 is 0 Å². The summed E-state index contributed by atoms with van der Waals surface area (Å²) in [5.41, 5.74) is 6.32. The number of para-hydroxylation sites is 1. The van der Waals surface area contributed by atoms with E-state index in [0.29, 0.717) is 0 Å². The summed E-state index contributed by atoms with van der Waals surface area (Å²) >= 11 is 0. The zero-order valence-electron chi connectivity index (χ0n) is 12.2. The fourth-order valence-electron chi connectivity index (χ4n) is 3.25. The third kappa shape index (κ3) is 2.05. The third-order valence-corrected chi connectivity index (χ3v) is 4.41. The second kappa shape index (κ2) is 5.01. The van der Waals surface area contributed by atoms with Gasteiger partial charge in [-0.3, -0.25) is 4.98 Å². The Morgan fingerprint density at radius 1 is 1.19 bits per heavy atom. The lowest BCUT2D eigenvalue weighted by Gasteiger charge is -2.24. The molecule has 3 heteroatoms. The molecule has 3 nitrogen and oxygen atoms in total. The number of aryl methyl sites for hydroxylation is 1. The normalized spacial score (nSPS) is 17.9. The van der Waals surface area contributed by atoms with Gasteiger partial charge in [-0.05, 0) is 36.1 Å². The van der Waals surface area contributed by atoms with E-state index in [4.69, 9.17) is 0 Å². The number of nitrogens with zero attached hydrogens (tertiary/aromatic N) is 1. The van der Waals surface area contributed by atoms with Crippen molar-refractivity contribution in [2.75, 3.05) is 6.54 Å². The minimum absolute atomic E-state index is 0.173. The van der Waals surface area contributed by atoms with E-state index in [1.165, 1.54) is 27.7 Å². The van der Waals surface area contributed by atoms with Crippen molar-refractivity contribution in [1.82, 2.24) is 15.3 Å². The summed E-state index contributed by atoms with van der Waals surface area (Å²) in [6.07, 6.45) is 4.10. The van der Waals surface area contributed by atoms with Crippen LogP contribution in [-0.2, 0) is 12.8 Å². The highest BCUT2D eigenvalue weighted by molar-refractivity contribution is 5.85. The monoisotopic (exact) mass is 277 g/mol. The average Bonchev–Trinajstić information content (AvgIpc) is 2.94. The van der Waals surface area contributed by atoms with Gasteiger partial charge in [-0.15, -0.1) is 0 Å². The largest absolute Gasteiger partial charge is 0.357 e. The first-order valence-electron chi connectivity index (χ1n) is 7.64. The van der Waals surface area contributed by atoms with Crippen LogP contribution >= 0.6 is 0 Å². The molecule has 0 amide bonds. The second-order valence-corrected chi connectivity index (χ2v) is 5.64. The van der Waals surface area contributed by atoms with Crippen LogP contribution in [0.1, 0.15) is 35.5 Å². The van der Waals surface area contributed by atoms with Gasteiger partial charge in [-0.1, -0.05) is 31.2 Å². The molecule has 1 aliphatic heterocycles. The van der Waals surface area contributed by atoms with Crippen LogP contribution in [0.4, 0.5) is 0 Å². The van der Waals surface area contributed by atoms with Crippen LogP contribution in [0, 0.1) is 0 Å². The molecule has 0 bridgehead atoms. The van der Waals surface area contributed by atoms with Crippen molar-refractivity contribution < 1.29 is 0 Å². The lowest BCUT2D eigenvalue weighted by Crippen LogP contribution is -2.31. The number of fused-ring (bicyclic) bond motifs is 3. The summed E-state index contributed by atoms with van der Waals surface area (Å²) in [5.74, 6) is 0. The van der Waals surface area contributed by atoms with Crippen LogP contribution in [0.5, 0.6) is 0 Å². The first-order valence-corrected chi connectivity index (χ1v) is 7.64. The van der Waals surface area contributed by atoms with E-state index in [1.54, 1.807) is 0 Å².